The number of hydrogen-bond acceptors (Lipinski definition) is 9. The zero-order valence-corrected chi connectivity index (χ0v) is 23.6. The molecule has 2 aromatic rings. The molecule has 9 nitrogen and oxygen atoms in total. The van der Waals surface area contributed by atoms with Crippen LogP contribution in [-0.2, 0) is 23.9 Å². The van der Waals surface area contributed by atoms with Crippen molar-refractivity contribution in [2.75, 3.05) is 14.2 Å². The molecule has 3 rings (SSSR count). The number of hydrogen-bond donors (Lipinski definition) is 0. The lowest BCUT2D eigenvalue weighted by Gasteiger charge is -2.33. The van der Waals surface area contributed by atoms with Gasteiger partial charge in [-0.15, -0.1) is 0 Å². The summed E-state index contributed by atoms with van der Waals surface area (Å²) in [6, 6.07) is 8.38. The predicted molar refractivity (Wildman–Crippen MR) is 148 cm³/mol. The maximum absolute atomic E-state index is 12.7. The van der Waals surface area contributed by atoms with Gasteiger partial charge < -0.3 is 23.7 Å². The molecule has 0 saturated heterocycles. The van der Waals surface area contributed by atoms with E-state index in [-0.39, 0.29) is 42.3 Å². The molecule has 0 amide bonds. The van der Waals surface area contributed by atoms with Crippen LogP contribution in [-0.4, -0.2) is 44.5 Å². The molecular weight excluding hydrogens is 516 g/mol. The summed E-state index contributed by atoms with van der Waals surface area (Å²) in [5.74, 6) is -0.853. The molecule has 0 aliphatic heterocycles. The van der Waals surface area contributed by atoms with Gasteiger partial charge in [0, 0.05) is 24.8 Å². The van der Waals surface area contributed by atoms with E-state index in [4.69, 9.17) is 23.7 Å². The van der Waals surface area contributed by atoms with Gasteiger partial charge in [0.15, 0.2) is 23.0 Å². The third kappa shape index (κ3) is 7.08. The maximum atomic E-state index is 12.7. The number of fused-ring (bicyclic) bond motifs is 1. The van der Waals surface area contributed by atoms with E-state index in [9.17, 15) is 19.2 Å². The Morgan fingerprint density at radius 1 is 0.750 bits per heavy atom. The molecule has 2 aromatic carbocycles. The molecule has 2 atom stereocenters. The second-order valence-corrected chi connectivity index (χ2v) is 9.39. The number of ether oxygens (including phenoxy) is 5. The van der Waals surface area contributed by atoms with Crippen LogP contribution in [0.25, 0.3) is 6.08 Å². The summed E-state index contributed by atoms with van der Waals surface area (Å²) < 4.78 is 28.0. The second-order valence-electron chi connectivity index (χ2n) is 9.39. The third-order valence-corrected chi connectivity index (χ3v) is 6.41. The van der Waals surface area contributed by atoms with Crippen molar-refractivity contribution in [2.24, 2.45) is 0 Å². The number of rotatable bonds is 13. The number of carbonyl (C=O) groups is 4. The van der Waals surface area contributed by atoms with E-state index in [1.807, 2.05) is 20.8 Å². The third-order valence-electron chi connectivity index (χ3n) is 6.41. The molecule has 214 valence electrons. The highest BCUT2D eigenvalue weighted by atomic mass is 16.6. The Kier molecular flexibility index (Phi) is 10.9. The number of benzene rings is 2. The van der Waals surface area contributed by atoms with Crippen LogP contribution in [0.15, 0.2) is 35.9 Å². The van der Waals surface area contributed by atoms with E-state index in [0.717, 1.165) is 0 Å². The van der Waals surface area contributed by atoms with Gasteiger partial charge >= 0.3 is 17.9 Å². The zero-order chi connectivity index (χ0) is 29.2. The minimum atomic E-state index is -0.963. The van der Waals surface area contributed by atoms with Crippen molar-refractivity contribution in [1.29, 1.82) is 0 Å². The summed E-state index contributed by atoms with van der Waals surface area (Å²) in [6.07, 6.45) is 3.84. The van der Waals surface area contributed by atoms with Crippen molar-refractivity contribution >= 4 is 30.3 Å². The monoisotopic (exact) mass is 552 g/mol. The van der Waals surface area contributed by atoms with Crippen molar-refractivity contribution in [3.63, 3.8) is 0 Å². The molecule has 0 aromatic heterocycles. The van der Waals surface area contributed by atoms with Crippen molar-refractivity contribution in [2.45, 2.75) is 71.3 Å². The van der Waals surface area contributed by atoms with Gasteiger partial charge in [-0.2, -0.15) is 0 Å². The van der Waals surface area contributed by atoms with Crippen LogP contribution in [0, 0.1) is 0 Å². The normalized spacial score (nSPS) is 15.8. The standard InChI is InChI=1S/C31H36O9/c1-6-9-27(33)38-23-13-12-19(15-24(23)36-4)30-22-17-26(39-28(34)10-7-2)25(37-5)16-20(22)14-21(18-32)31(30)40-29(35)11-8-3/h12-18,30-31H,6-11H2,1-5H3/t30-,31-/m0/s1. The van der Waals surface area contributed by atoms with Gasteiger partial charge in [-0.3, -0.25) is 19.2 Å². The van der Waals surface area contributed by atoms with Crippen molar-refractivity contribution in [3.8, 4) is 23.0 Å². The molecular formula is C31H36O9. The number of esters is 3. The van der Waals surface area contributed by atoms with Gasteiger partial charge in [-0.1, -0.05) is 26.8 Å². The lowest BCUT2D eigenvalue weighted by atomic mass is 9.76. The van der Waals surface area contributed by atoms with Crippen molar-refractivity contribution in [3.05, 3.63) is 52.6 Å². The number of aldehydes is 1. The first kappa shape index (κ1) is 30.4. The largest absolute Gasteiger partial charge is 0.493 e. The fourth-order valence-corrected chi connectivity index (χ4v) is 4.56. The van der Waals surface area contributed by atoms with Gasteiger partial charge in [0.25, 0.3) is 0 Å². The molecule has 40 heavy (non-hydrogen) atoms. The molecule has 0 saturated carbocycles. The Morgan fingerprint density at radius 2 is 1.32 bits per heavy atom. The summed E-state index contributed by atoms with van der Waals surface area (Å²) in [5.41, 5.74) is 2.18. The SMILES string of the molecule is CCCC(=O)Oc1ccc([C@H]2c3cc(OC(=O)CCC)c(OC)cc3C=C(C=O)[C@@H]2OC(=O)CCC)cc1OC. The molecule has 0 unspecified atom stereocenters. The van der Waals surface area contributed by atoms with Crippen LogP contribution in [0.5, 0.6) is 23.0 Å². The molecule has 0 bridgehead atoms. The molecule has 1 aliphatic carbocycles. The summed E-state index contributed by atoms with van der Waals surface area (Å²) >= 11 is 0. The molecule has 0 radical (unpaired) electrons. The molecule has 0 heterocycles. The minimum absolute atomic E-state index is 0.181. The highest BCUT2D eigenvalue weighted by Crippen LogP contribution is 2.46. The van der Waals surface area contributed by atoms with E-state index in [1.54, 1.807) is 36.4 Å². The van der Waals surface area contributed by atoms with Crippen LogP contribution in [0.4, 0.5) is 0 Å². The van der Waals surface area contributed by atoms with E-state index >= 15 is 0 Å². The Bertz CT molecular complexity index is 1280. The first-order valence-corrected chi connectivity index (χ1v) is 13.5. The van der Waals surface area contributed by atoms with Crippen LogP contribution in [0.2, 0.25) is 0 Å². The molecule has 0 spiro atoms. The van der Waals surface area contributed by atoms with Gasteiger partial charge in [0.2, 0.25) is 0 Å². The zero-order valence-electron chi connectivity index (χ0n) is 23.6. The Morgan fingerprint density at radius 3 is 1.90 bits per heavy atom. The van der Waals surface area contributed by atoms with Crippen molar-refractivity contribution < 1.29 is 42.9 Å². The summed E-state index contributed by atoms with van der Waals surface area (Å²) in [5, 5.41) is 0. The Hall–Kier alpha value is -4.14. The summed E-state index contributed by atoms with van der Waals surface area (Å²) in [6.45, 7) is 5.61. The van der Waals surface area contributed by atoms with E-state index in [1.165, 1.54) is 14.2 Å². The lowest BCUT2D eigenvalue weighted by molar-refractivity contribution is -0.148. The topological polar surface area (TPSA) is 114 Å². The van der Waals surface area contributed by atoms with Crippen LogP contribution >= 0.6 is 0 Å². The number of carbonyl (C=O) groups excluding carboxylic acids is 4. The fourth-order valence-electron chi connectivity index (χ4n) is 4.56. The highest BCUT2D eigenvalue weighted by molar-refractivity contribution is 5.88. The maximum Gasteiger partial charge on any atom is 0.311 e. The first-order chi connectivity index (χ1) is 19.3. The van der Waals surface area contributed by atoms with Gasteiger partial charge in [0.1, 0.15) is 12.4 Å². The first-order valence-electron chi connectivity index (χ1n) is 13.5. The Labute approximate surface area is 234 Å². The van der Waals surface area contributed by atoms with E-state index < -0.39 is 24.0 Å². The molecule has 0 fully saturated rings. The van der Waals surface area contributed by atoms with Gasteiger partial charge in [-0.25, -0.2) is 0 Å². The van der Waals surface area contributed by atoms with Crippen LogP contribution in [0.3, 0.4) is 0 Å². The van der Waals surface area contributed by atoms with Crippen molar-refractivity contribution in [1.82, 2.24) is 0 Å². The van der Waals surface area contributed by atoms with Gasteiger partial charge in [-0.05, 0) is 66.3 Å². The molecule has 9 heteroatoms. The molecule has 1 aliphatic rings. The quantitative estimate of drug-likeness (QED) is 0.179. The minimum Gasteiger partial charge on any atom is -0.493 e. The van der Waals surface area contributed by atoms with Crippen LogP contribution in [0.1, 0.15) is 81.9 Å². The second kappa shape index (κ2) is 14.3. The Balaban J connectivity index is 2.20. The lowest BCUT2D eigenvalue weighted by Crippen LogP contribution is -2.32. The number of methoxy groups -OCH3 is 2. The van der Waals surface area contributed by atoms with E-state index in [0.29, 0.717) is 53.7 Å². The summed E-state index contributed by atoms with van der Waals surface area (Å²) in [7, 11) is 2.92. The van der Waals surface area contributed by atoms with Gasteiger partial charge in [0.05, 0.1) is 20.1 Å². The smallest absolute Gasteiger partial charge is 0.311 e. The van der Waals surface area contributed by atoms with Crippen LogP contribution < -0.4 is 18.9 Å². The predicted octanol–water partition coefficient (Wildman–Crippen LogP) is 5.55. The highest BCUT2D eigenvalue weighted by Gasteiger charge is 2.37. The molecule has 0 N–H and O–H groups in total. The summed E-state index contributed by atoms with van der Waals surface area (Å²) in [4.78, 5) is 49.4. The van der Waals surface area contributed by atoms with E-state index in [2.05, 4.69) is 0 Å². The fraction of sp³-hybridized carbons (Fsp3) is 0.419. The average Bonchev–Trinajstić information content (AvgIpc) is 2.93. The average molecular weight is 553 g/mol.